The van der Waals surface area contributed by atoms with Crippen LogP contribution in [-0.4, -0.2) is 22.6 Å². The molecule has 0 unspecified atom stereocenters. The minimum Gasteiger partial charge on any atom is -0.375 e. The van der Waals surface area contributed by atoms with Gasteiger partial charge < -0.3 is 10.6 Å². The fourth-order valence-corrected chi connectivity index (χ4v) is 4.03. The van der Waals surface area contributed by atoms with E-state index in [0.29, 0.717) is 16.1 Å². The standard InChI is InChI=1S/C26H18Cl2F3N3O3/c27-20-7-2-1-4-17(20)14-34-24(36)21(28)22(25(34)37)32-13-15-8-10-16(11-9-15)23(35)33-19-6-3-5-18(12-19)26(29,30)31/h1-12,32H,13-14H2,(H,33,35). The molecule has 0 aromatic heterocycles. The molecule has 0 spiro atoms. The number of carbonyl (C=O) groups is 3. The number of anilines is 1. The molecular formula is C26H18Cl2F3N3O3. The molecule has 3 aromatic rings. The minimum absolute atomic E-state index is 0.0119. The molecule has 4 rings (SSSR count). The van der Waals surface area contributed by atoms with Gasteiger partial charge in [-0.05, 0) is 47.5 Å². The van der Waals surface area contributed by atoms with Crippen LogP contribution < -0.4 is 10.6 Å². The Labute approximate surface area is 219 Å². The van der Waals surface area contributed by atoms with Crippen LogP contribution in [0, 0.1) is 0 Å². The second-order valence-electron chi connectivity index (χ2n) is 8.06. The molecule has 0 saturated carbocycles. The highest BCUT2D eigenvalue weighted by atomic mass is 35.5. The SMILES string of the molecule is O=C(Nc1cccc(C(F)(F)F)c1)c1ccc(CNC2=C(Cl)C(=O)N(Cc3ccccc3Cl)C2=O)cc1. The van der Waals surface area contributed by atoms with Gasteiger partial charge in [0.05, 0.1) is 12.1 Å². The van der Waals surface area contributed by atoms with Crippen molar-refractivity contribution in [2.24, 2.45) is 0 Å². The van der Waals surface area contributed by atoms with Crippen molar-refractivity contribution >= 4 is 46.6 Å². The summed E-state index contributed by atoms with van der Waals surface area (Å²) in [7, 11) is 0. The van der Waals surface area contributed by atoms with E-state index < -0.39 is 29.5 Å². The van der Waals surface area contributed by atoms with E-state index in [1.807, 2.05) is 0 Å². The molecule has 0 atom stereocenters. The van der Waals surface area contributed by atoms with Gasteiger partial charge in [-0.3, -0.25) is 19.3 Å². The van der Waals surface area contributed by atoms with Crippen LogP contribution >= 0.6 is 23.2 Å². The summed E-state index contributed by atoms with van der Waals surface area (Å²) in [5.74, 6) is -1.82. The van der Waals surface area contributed by atoms with E-state index in [-0.39, 0.29) is 35.1 Å². The van der Waals surface area contributed by atoms with Crippen molar-refractivity contribution in [2.45, 2.75) is 19.3 Å². The number of hydrogen-bond acceptors (Lipinski definition) is 4. The number of imide groups is 1. The molecule has 37 heavy (non-hydrogen) atoms. The zero-order chi connectivity index (χ0) is 26.7. The molecule has 3 aromatic carbocycles. The third-order valence-electron chi connectivity index (χ3n) is 5.53. The topological polar surface area (TPSA) is 78.5 Å². The number of nitrogens with zero attached hydrogens (tertiary/aromatic N) is 1. The molecule has 0 radical (unpaired) electrons. The maximum Gasteiger partial charge on any atom is 0.416 e. The molecule has 0 aliphatic carbocycles. The number of benzene rings is 3. The Morgan fingerprint density at radius 2 is 1.59 bits per heavy atom. The largest absolute Gasteiger partial charge is 0.416 e. The first kappa shape index (κ1) is 26.2. The number of halogens is 5. The van der Waals surface area contributed by atoms with Gasteiger partial charge in [0.15, 0.2) is 0 Å². The third kappa shape index (κ3) is 5.95. The molecule has 0 fully saturated rings. The molecule has 11 heteroatoms. The lowest BCUT2D eigenvalue weighted by atomic mass is 10.1. The average molecular weight is 548 g/mol. The first-order chi connectivity index (χ1) is 17.5. The van der Waals surface area contributed by atoms with Crippen LogP contribution in [0.5, 0.6) is 0 Å². The fourth-order valence-electron chi connectivity index (χ4n) is 3.58. The van der Waals surface area contributed by atoms with Crippen molar-refractivity contribution in [3.8, 4) is 0 Å². The first-order valence-electron chi connectivity index (χ1n) is 10.9. The molecule has 190 valence electrons. The first-order valence-corrected chi connectivity index (χ1v) is 11.6. The van der Waals surface area contributed by atoms with Gasteiger partial charge in [-0.15, -0.1) is 0 Å². The van der Waals surface area contributed by atoms with Crippen molar-refractivity contribution in [1.29, 1.82) is 0 Å². The van der Waals surface area contributed by atoms with Gasteiger partial charge in [-0.2, -0.15) is 13.2 Å². The van der Waals surface area contributed by atoms with Crippen molar-refractivity contribution < 1.29 is 27.6 Å². The van der Waals surface area contributed by atoms with Crippen LogP contribution in [0.1, 0.15) is 27.0 Å². The van der Waals surface area contributed by atoms with E-state index in [1.165, 1.54) is 24.3 Å². The molecule has 1 heterocycles. The Hall–Kier alpha value is -3.82. The molecule has 3 amide bonds. The van der Waals surface area contributed by atoms with Crippen LogP contribution in [0.25, 0.3) is 0 Å². The minimum atomic E-state index is -4.52. The van der Waals surface area contributed by atoms with Crippen LogP contribution in [0.3, 0.4) is 0 Å². The average Bonchev–Trinajstić information content (AvgIpc) is 3.06. The molecule has 6 nitrogen and oxygen atoms in total. The lowest BCUT2D eigenvalue weighted by Crippen LogP contribution is -2.33. The van der Waals surface area contributed by atoms with Crippen molar-refractivity contribution in [3.05, 3.63) is 111 Å². The van der Waals surface area contributed by atoms with Crippen molar-refractivity contribution in [3.63, 3.8) is 0 Å². The van der Waals surface area contributed by atoms with Gasteiger partial charge in [0, 0.05) is 22.8 Å². The molecule has 1 aliphatic rings. The quantitative estimate of drug-likeness (QED) is 0.371. The van der Waals surface area contributed by atoms with Crippen LogP contribution in [0.2, 0.25) is 5.02 Å². The second kappa shape index (κ2) is 10.7. The highest BCUT2D eigenvalue weighted by molar-refractivity contribution is 6.47. The normalized spacial score (nSPS) is 13.8. The Balaban J connectivity index is 1.38. The van der Waals surface area contributed by atoms with Gasteiger partial charge in [0.1, 0.15) is 10.7 Å². The monoisotopic (exact) mass is 547 g/mol. The maximum atomic E-state index is 12.9. The number of nitrogens with one attached hydrogen (secondary N) is 2. The summed E-state index contributed by atoms with van der Waals surface area (Å²) in [6, 6.07) is 17.3. The summed E-state index contributed by atoms with van der Waals surface area (Å²) in [5.41, 5.74) is 0.567. The Morgan fingerprint density at radius 3 is 2.27 bits per heavy atom. The number of carbonyl (C=O) groups excluding carboxylic acids is 3. The van der Waals surface area contributed by atoms with E-state index in [1.54, 1.807) is 36.4 Å². The lowest BCUT2D eigenvalue weighted by molar-refractivity contribution is -0.139. The number of rotatable bonds is 7. The van der Waals surface area contributed by atoms with Crippen LogP contribution in [-0.2, 0) is 28.9 Å². The van der Waals surface area contributed by atoms with E-state index in [2.05, 4.69) is 10.6 Å². The summed E-state index contributed by atoms with van der Waals surface area (Å²) in [6.07, 6.45) is -4.52. The van der Waals surface area contributed by atoms with E-state index >= 15 is 0 Å². The van der Waals surface area contributed by atoms with Gasteiger partial charge in [0.25, 0.3) is 17.7 Å². The third-order valence-corrected chi connectivity index (χ3v) is 6.25. The molecular weight excluding hydrogens is 530 g/mol. The summed E-state index contributed by atoms with van der Waals surface area (Å²) in [6.45, 7) is 0.0917. The number of amides is 3. The molecule has 0 saturated heterocycles. The molecule has 2 N–H and O–H groups in total. The van der Waals surface area contributed by atoms with Crippen molar-refractivity contribution in [2.75, 3.05) is 5.32 Å². The Morgan fingerprint density at radius 1 is 0.892 bits per heavy atom. The van der Waals surface area contributed by atoms with E-state index in [4.69, 9.17) is 23.2 Å². The Kier molecular flexibility index (Phi) is 7.56. The summed E-state index contributed by atoms with van der Waals surface area (Å²) in [5, 5.41) is 5.47. The zero-order valence-corrected chi connectivity index (χ0v) is 20.4. The van der Waals surface area contributed by atoms with Gasteiger partial charge in [-0.1, -0.05) is 59.6 Å². The number of hydrogen-bond donors (Lipinski definition) is 2. The number of alkyl halides is 3. The highest BCUT2D eigenvalue weighted by Gasteiger charge is 2.37. The fraction of sp³-hybridized carbons (Fsp3) is 0.115. The lowest BCUT2D eigenvalue weighted by Gasteiger charge is -2.16. The van der Waals surface area contributed by atoms with Crippen LogP contribution in [0.15, 0.2) is 83.5 Å². The summed E-state index contributed by atoms with van der Waals surface area (Å²) in [4.78, 5) is 38.8. The van der Waals surface area contributed by atoms with Crippen LogP contribution in [0.4, 0.5) is 18.9 Å². The predicted molar refractivity (Wildman–Crippen MR) is 133 cm³/mol. The van der Waals surface area contributed by atoms with Gasteiger partial charge in [-0.25, -0.2) is 0 Å². The highest BCUT2D eigenvalue weighted by Crippen LogP contribution is 2.31. The zero-order valence-electron chi connectivity index (χ0n) is 18.9. The summed E-state index contributed by atoms with van der Waals surface area (Å²) < 4.78 is 38.7. The van der Waals surface area contributed by atoms with Gasteiger partial charge >= 0.3 is 6.18 Å². The molecule has 1 aliphatic heterocycles. The maximum absolute atomic E-state index is 12.9. The predicted octanol–water partition coefficient (Wildman–Crippen LogP) is 5.72. The molecule has 0 bridgehead atoms. The van der Waals surface area contributed by atoms with E-state index in [9.17, 15) is 27.6 Å². The second-order valence-corrected chi connectivity index (χ2v) is 8.85. The Bertz CT molecular complexity index is 1410. The summed E-state index contributed by atoms with van der Waals surface area (Å²) >= 11 is 12.3. The van der Waals surface area contributed by atoms with Crippen molar-refractivity contribution in [1.82, 2.24) is 10.2 Å². The van der Waals surface area contributed by atoms with Gasteiger partial charge in [0.2, 0.25) is 0 Å². The van der Waals surface area contributed by atoms with E-state index in [0.717, 1.165) is 17.0 Å². The smallest absolute Gasteiger partial charge is 0.375 e.